The molecule has 2 amide bonds. The van der Waals surface area contributed by atoms with E-state index < -0.39 is 310 Å². The third-order valence-electron chi connectivity index (χ3n) is 17.4. The first-order valence-corrected chi connectivity index (χ1v) is 30.1. The fourth-order valence-corrected chi connectivity index (χ4v) is 12.1. The lowest BCUT2D eigenvalue weighted by atomic mass is 9.94. The zero-order chi connectivity index (χ0) is 69.9. The first-order valence-electron chi connectivity index (χ1n) is 30.1. The van der Waals surface area contributed by atoms with E-state index in [0.717, 1.165) is 13.8 Å². The molecule has 26 N–H and O–H groups in total. The molecule has 8 rings (SSSR count). The van der Waals surface area contributed by atoms with E-state index in [0.29, 0.717) is 0 Å². The number of ether oxygens (including phenoxy) is 15. The molecular weight excluding hydrogens is 1310 g/mol. The first-order chi connectivity index (χ1) is 45.0. The van der Waals surface area contributed by atoms with E-state index >= 15 is 0 Å². The van der Waals surface area contributed by atoms with Crippen molar-refractivity contribution in [2.75, 3.05) is 52.9 Å². The van der Waals surface area contributed by atoms with Crippen molar-refractivity contribution in [3.8, 4) is 0 Å². The molecule has 43 nitrogen and oxygen atoms in total. The predicted molar refractivity (Wildman–Crippen MR) is 288 cm³/mol. The van der Waals surface area contributed by atoms with Crippen LogP contribution in [0.15, 0.2) is 0 Å². The molecule has 8 fully saturated rings. The molecule has 0 spiro atoms. The maximum Gasteiger partial charge on any atom is 0.217 e. The largest absolute Gasteiger partial charge is 0.394 e. The van der Waals surface area contributed by atoms with Gasteiger partial charge in [0.25, 0.3) is 0 Å². The second kappa shape index (κ2) is 33.9. The van der Waals surface area contributed by atoms with Gasteiger partial charge in [0.1, 0.15) is 195 Å². The lowest BCUT2D eigenvalue weighted by Gasteiger charge is -2.51. The number of nitrogens with one attached hydrogen (secondary N) is 2. The van der Waals surface area contributed by atoms with E-state index in [4.69, 9.17) is 71.1 Å². The molecule has 0 bridgehead atoms. The van der Waals surface area contributed by atoms with Gasteiger partial charge in [0.2, 0.25) is 11.8 Å². The van der Waals surface area contributed by atoms with Gasteiger partial charge in [-0.05, 0) is 0 Å². The predicted octanol–water partition coefficient (Wildman–Crippen LogP) is -18.2. The topological polar surface area (TPSA) is 682 Å². The molecule has 43 heteroatoms. The molecule has 8 aliphatic rings. The van der Waals surface area contributed by atoms with Crippen LogP contribution >= 0.6 is 0 Å². The van der Waals surface area contributed by atoms with Crippen molar-refractivity contribution < 1.29 is 203 Å². The Hall–Kier alpha value is -2.62. The fraction of sp³-hybridized carbons (Fsp3) is 0.962. The summed E-state index contributed by atoms with van der Waals surface area (Å²) in [7, 11) is 0. The van der Waals surface area contributed by atoms with Crippen LogP contribution in [0.2, 0.25) is 0 Å². The molecule has 0 saturated carbocycles. The molecule has 0 aromatic heterocycles. The third-order valence-corrected chi connectivity index (χ3v) is 17.4. The summed E-state index contributed by atoms with van der Waals surface area (Å²) in [6.07, 6.45) is -79.1. The summed E-state index contributed by atoms with van der Waals surface area (Å²) in [6.45, 7) is -6.44. The van der Waals surface area contributed by atoms with Crippen molar-refractivity contribution >= 4 is 11.8 Å². The zero-order valence-electron chi connectivity index (χ0n) is 50.4. The average molecular weight is 1400 g/mol. The van der Waals surface area contributed by atoms with Crippen LogP contribution in [0.3, 0.4) is 0 Å². The fourth-order valence-electron chi connectivity index (χ4n) is 12.1. The van der Waals surface area contributed by atoms with E-state index in [2.05, 4.69) is 10.6 Å². The molecule has 0 aromatic rings. The second-order valence-corrected chi connectivity index (χ2v) is 23.9. The highest BCUT2D eigenvalue weighted by Crippen LogP contribution is 2.39. The van der Waals surface area contributed by atoms with Crippen LogP contribution in [-0.4, -0.2) is 433 Å². The van der Waals surface area contributed by atoms with Gasteiger partial charge in [-0.25, -0.2) is 0 Å². The van der Waals surface area contributed by atoms with Crippen molar-refractivity contribution in [3.05, 3.63) is 0 Å². The SMILES string of the molecule is CC(=O)N[C@H]1[C@H](O[C@H]2[C@H](O)[C@@H](NC(C)=O)C(O)O[C@@H]2CO)O[C@H](CO)[C@@H](O[C@@H]2O[C@H](CO[C@H]3O[C@H](CO)[C@@H](O)[C@H](O)[C@@H]3O)[C@@H](O)[C@H](O[C@H]3O[C@H](CO)[C@@H](O)[C@H](O)[C@@H]3O[C@H]3O[C@H](CO)[C@@H](O)[C@H](O)[C@@H]3O[C@H]3O[C@H](CO)[C@@H](O)[C@H](O)[C@@H]3O[C@H]3O[C@H](CO)[C@@H](O)[C@H](O)[C@H]3O)[C@@H]2O)[C@@H]1O. The molecule has 0 aromatic carbocycles. The normalized spacial score (nSPS) is 50.8. The Morgan fingerprint density at radius 1 is 0.274 bits per heavy atom. The highest BCUT2D eigenvalue weighted by Gasteiger charge is 2.60. The van der Waals surface area contributed by atoms with Gasteiger partial charge < -0.3 is 204 Å². The first kappa shape index (κ1) is 78.1. The number of amides is 2. The quantitative estimate of drug-likeness (QED) is 0.0427. The molecule has 1 unspecified atom stereocenters. The number of hydrogen-bond donors (Lipinski definition) is 26. The number of carbonyl (C=O) groups excluding carboxylic acids is 2. The van der Waals surface area contributed by atoms with Crippen molar-refractivity contribution in [2.45, 2.75) is 259 Å². The summed E-state index contributed by atoms with van der Waals surface area (Å²) >= 11 is 0. The lowest BCUT2D eigenvalue weighted by molar-refractivity contribution is -0.414. The minimum atomic E-state index is -2.49. The molecule has 0 radical (unpaired) electrons. The van der Waals surface area contributed by atoms with Gasteiger partial charge in [-0.1, -0.05) is 0 Å². The Balaban J connectivity index is 1.11. The van der Waals surface area contributed by atoms with Gasteiger partial charge in [0.15, 0.2) is 50.3 Å². The Bertz CT molecular complexity index is 2380. The Morgan fingerprint density at radius 3 is 0.989 bits per heavy atom. The summed E-state index contributed by atoms with van der Waals surface area (Å²) in [5.74, 6) is -1.66. The van der Waals surface area contributed by atoms with Crippen LogP contribution in [0, 0.1) is 0 Å². The van der Waals surface area contributed by atoms with Gasteiger partial charge in [0.05, 0.1) is 52.9 Å². The lowest BCUT2D eigenvalue weighted by Crippen LogP contribution is -2.70. The van der Waals surface area contributed by atoms with Crippen LogP contribution in [0.5, 0.6) is 0 Å². The van der Waals surface area contributed by atoms with E-state index in [-0.39, 0.29) is 0 Å². The number of hydrogen-bond acceptors (Lipinski definition) is 41. The summed E-state index contributed by atoms with van der Waals surface area (Å²) in [6, 6.07) is -3.46. The minimum absolute atomic E-state index is 0.760. The maximum absolute atomic E-state index is 12.8. The van der Waals surface area contributed by atoms with E-state index in [1.54, 1.807) is 0 Å². The zero-order valence-corrected chi connectivity index (χ0v) is 50.4. The highest BCUT2D eigenvalue weighted by atomic mass is 16.8. The van der Waals surface area contributed by atoms with Gasteiger partial charge >= 0.3 is 0 Å². The van der Waals surface area contributed by atoms with Crippen LogP contribution in [0.1, 0.15) is 13.8 Å². The van der Waals surface area contributed by atoms with E-state index in [1.807, 2.05) is 0 Å². The highest BCUT2D eigenvalue weighted by molar-refractivity contribution is 5.73. The number of carbonyl (C=O) groups is 2. The smallest absolute Gasteiger partial charge is 0.217 e. The molecule has 8 aliphatic heterocycles. The van der Waals surface area contributed by atoms with Crippen LogP contribution in [0.4, 0.5) is 0 Å². The van der Waals surface area contributed by atoms with Crippen molar-refractivity contribution in [3.63, 3.8) is 0 Å². The van der Waals surface area contributed by atoms with Crippen molar-refractivity contribution in [1.29, 1.82) is 0 Å². The average Bonchev–Trinajstić information content (AvgIpc) is 0.773. The second-order valence-electron chi connectivity index (χ2n) is 23.9. The molecule has 40 atom stereocenters. The van der Waals surface area contributed by atoms with Crippen molar-refractivity contribution in [2.24, 2.45) is 0 Å². The Labute approximate surface area is 536 Å². The van der Waals surface area contributed by atoms with Crippen LogP contribution in [0.25, 0.3) is 0 Å². The summed E-state index contributed by atoms with van der Waals surface area (Å²) in [4.78, 5) is 24.8. The minimum Gasteiger partial charge on any atom is -0.394 e. The molecule has 0 aliphatic carbocycles. The summed E-state index contributed by atoms with van der Waals surface area (Å²) < 4.78 is 87.2. The van der Waals surface area contributed by atoms with Crippen LogP contribution in [-0.2, 0) is 80.6 Å². The number of aliphatic hydroxyl groups excluding tert-OH is 24. The standard InChI is InChI=1S/C52H88N2O41/c1-11(62)53-21-29(70)39(18(8-60)82-45(21)80)90-46-22(54-12(2)63)30(71)40(19(9-61)88-46)91-49-38(79)41(28(69)20(89-49)10-81-47-36(77)31(72)23(64)13(3-55)83-47)92-50-43(34(75)26(67)15(5-57)85-50)94-52-44(35(76)27(68)17(7-59)87-52)95-51-42(33(74)25(66)16(6-58)86-51)93-48-37(78)32(73)24(65)14(4-56)84-48/h13-52,55-61,64-80H,3-10H2,1-2H3,(H,53,62)(H,54,63)/t13-,14-,15-,16-,17-,18-,19-,20-,21-,22-,23-,24-,25-,26-,27-,28-,29-,30-,31+,32+,33+,34+,35+,36+,37-,38+,39-,40-,41+,42+,43+,44+,45?,46+,47+,48-,49+,50-,51-,52-/m1/s1. The number of aliphatic hydroxyl groups is 24. The molecule has 8 heterocycles. The summed E-state index contributed by atoms with van der Waals surface area (Å²) in [5, 5.41) is 267. The van der Waals surface area contributed by atoms with Gasteiger partial charge in [0, 0.05) is 13.8 Å². The van der Waals surface area contributed by atoms with E-state index in [9.17, 15) is 132 Å². The molecule has 8 saturated heterocycles. The molecular formula is C52H88N2O41. The third kappa shape index (κ3) is 16.8. The van der Waals surface area contributed by atoms with Gasteiger partial charge in [-0.2, -0.15) is 0 Å². The molecule has 95 heavy (non-hydrogen) atoms. The van der Waals surface area contributed by atoms with Crippen molar-refractivity contribution in [1.82, 2.24) is 10.6 Å². The van der Waals surface area contributed by atoms with E-state index in [1.165, 1.54) is 0 Å². The number of rotatable bonds is 24. The van der Waals surface area contributed by atoms with Crippen LogP contribution < -0.4 is 10.6 Å². The monoisotopic (exact) mass is 1400 g/mol. The van der Waals surface area contributed by atoms with Gasteiger partial charge in [-0.3, -0.25) is 9.59 Å². The maximum atomic E-state index is 12.8. The Kier molecular flexibility index (Phi) is 27.9. The van der Waals surface area contributed by atoms with Gasteiger partial charge in [-0.15, -0.1) is 0 Å². The molecule has 552 valence electrons. The summed E-state index contributed by atoms with van der Waals surface area (Å²) in [5.41, 5.74) is 0. The Morgan fingerprint density at radius 2 is 0.568 bits per heavy atom.